The van der Waals surface area contributed by atoms with Crippen LogP contribution >= 0.6 is 0 Å². The number of phenolic OH excluding ortho intramolecular Hbond substituents is 2. The zero-order valence-electron chi connectivity index (χ0n) is 21.4. The Balaban J connectivity index is 1.81. The van der Waals surface area contributed by atoms with Gasteiger partial charge in [-0.15, -0.1) is 0 Å². The summed E-state index contributed by atoms with van der Waals surface area (Å²) in [6, 6.07) is 12.9. The average molecular weight is 526 g/mol. The van der Waals surface area contributed by atoms with E-state index in [4.69, 9.17) is 23.0 Å². The summed E-state index contributed by atoms with van der Waals surface area (Å²) in [6.07, 6.45) is 0. The van der Waals surface area contributed by atoms with Crippen LogP contribution in [-0.2, 0) is 0 Å². The molecule has 0 aliphatic rings. The molecule has 0 aliphatic heterocycles. The number of hydrogen-bond acceptors (Lipinski definition) is 9. The van der Waals surface area contributed by atoms with Crippen LogP contribution in [0, 0.1) is 13.8 Å². The largest absolute Gasteiger partial charge is 0.507 e. The quantitative estimate of drug-likeness (QED) is 0.264. The molecular weight excluding hydrogens is 504 g/mol. The van der Waals surface area contributed by atoms with E-state index in [0.717, 1.165) is 0 Å². The first-order valence-corrected chi connectivity index (χ1v) is 11.9. The predicted molar refractivity (Wildman–Crippen MR) is 146 cm³/mol. The van der Waals surface area contributed by atoms with Gasteiger partial charge in [-0.1, -0.05) is 0 Å². The lowest BCUT2D eigenvalue weighted by atomic mass is 10.0. The molecule has 9 nitrogen and oxygen atoms in total. The Kier molecular flexibility index (Phi) is 5.39. The smallest absolute Gasteiger partial charge is 0.347 e. The van der Waals surface area contributed by atoms with Crippen molar-refractivity contribution in [1.29, 1.82) is 0 Å². The molecule has 9 heteroatoms. The third-order valence-corrected chi connectivity index (χ3v) is 6.66. The lowest BCUT2D eigenvalue weighted by Crippen LogP contribution is -2.06. The Labute approximate surface area is 220 Å². The van der Waals surface area contributed by atoms with Crippen molar-refractivity contribution in [3.8, 4) is 34.5 Å². The third kappa shape index (κ3) is 3.78. The van der Waals surface area contributed by atoms with Gasteiger partial charge >= 0.3 is 11.3 Å². The molecule has 196 valence electrons. The molecular formula is C30H22O9. The molecule has 0 spiro atoms. The highest BCUT2D eigenvalue weighted by molar-refractivity contribution is 6.11. The Bertz CT molecular complexity index is 1950. The van der Waals surface area contributed by atoms with E-state index in [0.29, 0.717) is 44.6 Å². The number of benzene rings is 4. The van der Waals surface area contributed by atoms with Crippen molar-refractivity contribution in [3.05, 3.63) is 80.9 Å². The van der Waals surface area contributed by atoms with E-state index in [1.54, 1.807) is 50.2 Å². The van der Waals surface area contributed by atoms with E-state index >= 15 is 0 Å². The van der Waals surface area contributed by atoms with E-state index in [1.807, 2.05) is 0 Å². The predicted octanol–water partition coefficient (Wildman–Crippen LogP) is 6.04. The molecule has 2 N–H and O–H groups in total. The summed E-state index contributed by atoms with van der Waals surface area (Å²) < 4.78 is 27.9. The molecule has 0 atom stereocenters. The topological polar surface area (TPSA) is 129 Å². The van der Waals surface area contributed by atoms with Crippen LogP contribution in [0.15, 0.2) is 67.0 Å². The van der Waals surface area contributed by atoms with Crippen LogP contribution in [0.2, 0.25) is 0 Å². The maximum Gasteiger partial charge on any atom is 0.347 e. The normalized spacial score (nSPS) is 11.5. The molecule has 0 bridgehead atoms. The minimum absolute atomic E-state index is 0.0446. The fourth-order valence-corrected chi connectivity index (χ4v) is 5.04. The molecule has 39 heavy (non-hydrogen) atoms. The maximum absolute atomic E-state index is 13.2. The Morgan fingerprint density at radius 1 is 0.564 bits per heavy atom. The highest BCUT2D eigenvalue weighted by Crippen LogP contribution is 2.47. The van der Waals surface area contributed by atoms with Gasteiger partial charge in [0.15, 0.2) is 11.5 Å². The molecule has 0 amide bonds. The standard InChI is InChI=1S/C30H22O9/c1-13-5-15-7-17-9-19(35-3)11-21(31)23(17)27(25(15)29(33)37-13)39-28-24-18(10-20(36-4)12-22(24)32)8-16-6-14(2)38-30(34)26(16)28/h5-12,31-32H,1-4H3. The first-order valence-electron chi connectivity index (χ1n) is 11.9. The second-order valence-corrected chi connectivity index (χ2v) is 9.22. The van der Waals surface area contributed by atoms with E-state index in [9.17, 15) is 19.8 Å². The molecule has 6 rings (SSSR count). The Morgan fingerprint density at radius 2 is 0.949 bits per heavy atom. The highest BCUT2D eigenvalue weighted by Gasteiger charge is 2.24. The fraction of sp³-hybridized carbons (Fsp3) is 0.133. The van der Waals surface area contributed by atoms with Gasteiger partial charge < -0.3 is 33.3 Å². The van der Waals surface area contributed by atoms with Gasteiger partial charge in [0.05, 0.1) is 25.0 Å². The van der Waals surface area contributed by atoms with Gasteiger partial charge in [-0.25, -0.2) is 9.59 Å². The van der Waals surface area contributed by atoms with Crippen molar-refractivity contribution in [3.63, 3.8) is 0 Å². The number of aromatic hydroxyl groups is 2. The van der Waals surface area contributed by atoms with Crippen LogP contribution in [0.5, 0.6) is 34.5 Å². The van der Waals surface area contributed by atoms with Gasteiger partial charge in [-0.05, 0) is 71.8 Å². The number of fused-ring (bicyclic) bond motifs is 4. The summed E-state index contributed by atoms with van der Waals surface area (Å²) in [4.78, 5) is 26.4. The molecule has 0 fully saturated rings. The second-order valence-electron chi connectivity index (χ2n) is 9.22. The summed E-state index contributed by atoms with van der Waals surface area (Å²) in [5, 5.41) is 24.6. The van der Waals surface area contributed by atoms with Crippen molar-refractivity contribution in [2.45, 2.75) is 13.8 Å². The lowest BCUT2D eigenvalue weighted by Gasteiger charge is -2.18. The second kappa shape index (κ2) is 8.70. The number of hydrogen-bond donors (Lipinski definition) is 2. The third-order valence-electron chi connectivity index (χ3n) is 6.66. The maximum atomic E-state index is 13.2. The summed E-state index contributed by atoms with van der Waals surface area (Å²) in [5.41, 5.74) is -1.40. The van der Waals surface area contributed by atoms with Crippen LogP contribution in [0.25, 0.3) is 43.1 Å². The summed E-state index contributed by atoms with van der Waals surface area (Å²) >= 11 is 0. The average Bonchev–Trinajstić information content (AvgIpc) is 2.86. The van der Waals surface area contributed by atoms with Crippen LogP contribution in [0.3, 0.4) is 0 Å². The summed E-state index contributed by atoms with van der Waals surface area (Å²) in [5.74, 6) is 0.977. The molecule has 0 radical (unpaired) electrons. The van der Waals surface area contributed by atoms with E-state index < -0.39 is 11.3 Å². The number of rotatable bonds is 4. The summed E-state index contributed by atoms with van der Waals surface area (Å²) in [6.45, 7) is 3.29. The van der Waals surface area contributed by atoms with Crippen molar-refractivity contribution >= 4 is 43.1 Å². The van der Waals surface area contributed by atoms with E-state index in [-0.39, 0.29) is 44.5 Å². The number of methoxy groups -OCH3 is 2. The number of aryl methyl sites for hydroxylation is 2. The van der Waals surface area contributed by atoms with Crippen LogP contribution in [0.1, 0.15) is 11.5 Å². The minimum atomic E-state index is -0.699. The molecule has 0 saturated heterocycles. The first-order chi connectivity index (χ1) is 18.7. The molecule has 0 aliphatic carbocycles. The highest BCUT2D eigenvalue weighted by atomic mass is 16.5. The molecule has 2 heterocycles. The molecule has 0 unspecified atom stereocenters. The number of phenols is 2. The lowest BCUT2D eigenvalue weighted by molar-refractivity contribution is 0.409. The van der Waals surface area contributed by atoms with Crippen molar-refractivity contribution in [2.24, 2.45) is 0 Å². The fourth-order valence-electron chi connectivity index (χ4n) is 5.04. The van der Waals surface area contributed by atoms with Gasteiger partial charge in [-0.2, -0.15) is 0 Å². The monoisotopic (exact) mass is 526 g/mol. The van der Waals surface area contributed by atoms with Gasteiger partial charge in [0.2, 0.25) is 0 Å². The minimum Gasteiger partial charge on any atom is -0.507 e. The van der Waals surface area contributed by atoms with Crippen molar-refractivity contribution < 1.29 is 33.3 Å². The van der Waals surface area contributed by atoms with Crippen molar-refractivity contribution in [1.82, 2.24) is 0 Å². The number of ether oxygens (including phenoxy) is 3. The van der Waals surface area contributed by atoms with E-state index in [1.165, 1.54) is 26.4 Å². The van der Waals surface area contributed by atoms with E-state index in [2.05, 4.69) is 0 Å². The Morgan fingerprint density at radius 3 is 1.33 bits per heavy atom. The Hall–Kier alpha value is -5.18. The van der Waals surface area contributed by atoms with Gasteiger partial charge in [0, 0.05) is 12.1 Å². The van der Waals surface area contributed by atoms with Crippen molar-refractivity contribution in [2.75, 3.05) is 14.2 Å². The van der Waals surface area contributed by atoms with Crippen LogP contribution in [-0.4, -0.2) is 24.4 Å². The molecule has 0 saturated carbocycles. The van der Waals surface area contributed by atoms with Gasteiger partial charge in [-0.3, -0.25) is 0 Å². The van der Waals surface area contributed by atoms with Crippen LogP contribution < -0.4 is 25.5 Å². The first kappa shape index (κ1) is 24.2. The SMILES string of the molecule is COc1cc(O)c2c(Oc3c4c(O)cc(OC)cc4cc4cc(C)oc(=O)c34)c3c(=O)oc(C)cc3cc2c1. The zero-order valence-corrected chi connectivity index (χ0v) is 21.4. The van der Waals surface area contributed by atoms with Gasteiger partial charge in [0.25, 0.3) is 0 Å². The molecule has 6 aromatic rings. The molecule has 2 aromatic heterocycles. The van der Waals surface area contributed by atoms with Gasteiger partial charge in [0.1, 0.15) is 45.3 Å². The summed E-state index contributed by atoms with van der Waals surface area (Å²) in [7, 11) is 2.94. The zero-order chi connectivity index (χ0) is 27.6. The van der Waals surface area contributed by atoms with Crippen LogP contribution in [0.4, 0.5) is 0 Å². The molecule has 4 aromatic carbocycles.